The maximum atomic E-state index is 12.6. The first kappa shape index (κ1) is 17.7. The molecule has 1 aliphatic heterocycles. The fourth-order valence-electron chi connectivity index (χ4n) is 3.33. The van der Waals surface area contributed by atoms with Gasteiger partial charge in [0.1, 0.15) is 0 Å². The summed E-state index contributed by atoms with van der Waals surface area (Å²) >= 11 is 1.48. The van der Waals surface area contributed by atoms with E-state index in [1.165, 1.54) is 11.3 Å². The SMILES string of the molecule is CC(C)Cc1cc(CNC(=O)c2ccc3sc4c(c3c2)CCNC4=O)on1. The number of nitrogens with zero attached hydrogens (tertiary/aromatic N) is 1. The third kappa shape index (κ3) is 3.60. The first-order chi connectivity index (χ1) is 13.0. The number of carbonyl (C=O) groups excluding carboxylic acids is 2. The first-order valence-corrected chi connectivity index (χ1v) is 9.89. The van der Waals surface area contributed by atoms with Crippen molar-refractivity contribution >= 4 is 33.2 Å². The second-order valence-electron chi connectivity index (χ2n) is 7.19. The Hall–Kier alpha value is -2.67. The Bertz CT molecular complexity index is 1020. The molecule has 2 aromatic heterocycles. The van der Waals surface area contributed by atoms with E-state index in [-0.39, 0.29) is 11.8 Å². The van der Waals surface area contributed by atoms with Crippen LogP contribution in [0.4, 0.5) is 0 Å². The molecule has 2 amide bonds. The molecule has 3 aromatic rings. The molecular weight excluding hydrogens is 362 g/mol. The summed E-state index contributed by atoms with van der Waals surface area (Å²) in [5.41, 5.74) is 2.52. The predicted molar refractivity (Wildman–Crippen MR) is 104 cm³/mol. The standard InChI is InChI=1S/C20H21N3O3S/c1-11(2)7-13-9-14(26-23-13)10-22-19(24)12-3-4-17-16(8-12)15-5-6-21-20(25)18(15)27-17/h3-4,8-9,11H,5-7,10H2,1-2H3,(H,21,25)(H,22,24). The van der Waals surface area contributed by atoms with Crippen LogP contribution in [0.5, 0.6) is 0 Å². The van der Waals surface area contributed by atoms with E-state index >= 15 is 0 Å². The van der Waals surface area contributed by atoms with Crippen LogP contribution in [0.1, 0.15) is 50.9 Å². The number of hydrogen-bond donors (Lipinski definition) is 2. The van der Waals surface area contributed by atoms with Gasteiger partial charge in [-0.1, -0.05) is 19.0 Å². The summed E-state index contributed by atoms with van der Waals surface area (Å²) in [6.45, 7) is 5.18. The van der Waals surface area contributed by atoms with E-state index < -0.39 is 0 Å². The van der Waals surface area contributed by atoms with Gasteiger partial charge >= 0.3 is 0 Å². The average Bonchev–Trinajstić information content (AvgIpc) is 3.24. The molecule has 0 fully saturated rings. The van der Waals surface area contributed by atoms with Crippen LogP contribution in [-0.4, -0.2) is 23.5 Å². The van der Waals surface area contributed by atoms with Crippen molar-refractivity contribution in [1.29, 1.82) is 0 Å². The largest absolute Gasteiger partial charge is 0.359 e. The molecule has 1 aliphatic rings. The average molecular weight is 383 g/mol. The van der Waals surface area contributed by atoms with Crippen LogP contribution in [0.2, 0.25) is 0 Å². The van der Waals surface area contributed by atoms with Gasteiger partial charge in [-0.2, -0.15) is 0 Å². The highest BCUT2D eigenvalue weighted by Crippen LogP contribution is 2.33. The number of fused-ring (bicyclic) bond motifs is 3. The number of hydrogen-bond acceptors (Lipinski definition) is 5. The van der Waals surface area contributed by atoms with Gasteiger partial charge in [-0.25, -0.2) is 0 Å². The molecule has 27 heavy (non-hydrogen) atoms. The van der Waals surface area contributed by atoms with E-state index in [0.717, 1.165) is 39.1 Å². The number of thiophene rings is 1. The Balaban J connectivity index is 1.49. The molecule has 0 saturated heterocycles. The highest BCUT2D eigenvalue weighted by atomic mass is 32.1. The van der Waals surface area contributed by atoms with Crippen molar-refractivity contribution in [3.05, 3.63) is 51.7 Å². The van der Waals surface area contributed by atoms with Crippen molar-refractivity contribution < 1.29 is 14.1 Å². The molecule has 4 rings (SSSR count). The molecule has 0 unspecified atom stereocenters. The zero-order chi connectivity index (χ0) is 19.0. The number of benzene rings is 1. The van der Waals surface area contributed by atoms with Crippen molar-refractivity contribution in [2.24, 2.45) is 5.92 Å². The summed E-state index contributed by atoms with van der Waals surface area (Å²) in [5.74, 6) is 0.956. The van der Waals surface area contributed by atoms with Gasteiger partial charge in [0.15, 0.2) is 5.76 Å². The van der Waals surface area contributed by atoms with Gasteiger partial charge in [-0.3, -0.25) is 9.59 Å². The molecule has 7 heteroatoms. The summed E-state index contributed by atoms with van der Waals surface area (Å²) in [6, 6.07) is 7.47. The molecule has 2 N–H and O–H groups in total. The Morgan fingerprint density at radius 1 is 1.37 bits per heavy atom. The summed E-state index contributed by atoms with van der Waals surface area (Å²) in [7, 11) is 0. The van der Waals surface area contributed by atoms with E-state index in [1.807, 2.05) is 18.2 Å². The van der Waals surface area contributed by atoms with Crippen molar-refractivity contribution in [3.8, 4) is 0 Å². The number of amides is 2. The number of aromatic nitrogens is 1. The van der Waals surface area contributed by atoms with Crippen molar-refractivity contribution in [2.75, 3.05) is 6.54 Å². The molecule has 0 atom stereocenters. The Labute approximate surface area is 160 Å². The first-order valence-electron chi connectivity index (χ1n) is 9.07. The molecule has 1 aromatic carbocycles. The van der Waals surface area contributed by atoms with E-state index in [4.69, 9.17) is 4.52 Å². The third-order valence-electron chi connectivity index (χ3n) is 4.57. The maximum Gasteiger partial charge on any atom is 0.261 e. The summed E-state index contributed by atoms with van der Waals surface area (Å²) in [5, 5.41) is 10.8. The monoisotopic (exact) mass is 383 g/mol. The lowest BCUT2D eigenvalue weighted by molar-refractivity contribution is 0.0941. The van der Waals surface area contributed by atoms with Crippen LogP contribution < -0.4 is 10.6 Å². The molecule has 0 saturated carbocycles. The Kier molecular flexibility index (Phi) is 4.70. The van der Waals surface area contributed by atoms with E-state index in [1.54, 1.807) is 6.07 Å². The summed E-state index contributed by atoms with van der Waals surface area (Å²) in [6.07, 6.45) is 1.65. The molecule has 6 nitrogen and oxygen atoms in total. The smallest absolute Gasteiger partial charge is 0.261 e. The topological polar surface area (TPSA) is 84.2 Å². The fourth-order valence-corrected chi connectivity index (χ4v) is 4.47. The lowest BCUT2D eigenvalue weighted by Crippen LogP contribution is -2.30. The molecule has 3 heterocycles. The molecular formula is C20H21N3O3S. The van der Waals surface area contributed by atoms with Crippen LogP contribution >= 0.6 is 11.3 Å². The van der Waals surface area contributed by atoms with Crippen molar-refractivity contribution in [1.82, 2.24) is 15.8 Å². The lowest BCUT2D eigenvalue weighted by atomic mass is 10.0. The highest BCUT2D eigenvalue weighted by Gasteiger charge is 2.22. The second-order valence-corrected chi connectivity index (χ2v) is 8.24. The van der Waals surface area contributed by atoms with Gasteiger partial charge in [0.2, 0.25) is 0 Å². The predicted octanol–water partition coefficient (Wildman–Crippen LogP) is 3.30. The van der Waals surface area contributed by atoms with Gasteiger partial charge in [0.25, 0.3) is 11.8 Å². The zero-order valence-corrected chi connectivity index (χ0v) is 16.1. The van der Waals surface area contributed by atoms with Crippen molar-refractivity contribution in [2.45, 2.75) is 33.2 Å². The molecule has 0 bridgehead atoms. The van der Waals surface area contributed by atoms with E-state index in [9.17, 15) is 9.59 Å². The van der Waals surface area contributed by atoms with E-state index in [0.29, 0.717) is 30.3 Å². The van der Waals surface area contributed by atoms with Gasteiger partial charge in [0.05, 0.1) is 17.1 Å². The summed E-state index contributed by atoms with van der Waals surface area (Å²) < 4.78 is 6.32. The molecule has 0 aliphatic carbocycles. The Morgan fingerprint density at radius 2 is 2.22 bits per heavy atom. The second kappa shape index (κ2) is 7.15. The molecule has 0 spiro atoms. The minimum Gasteiger partial charge on any atom is -0.359 e. The van der Waals surface area contributed by atoms with Gasteiger partial charge < -0.3 is 15.2 Å². The maximum absolute atomic E-state index is 12.6. The number of carbonyl (C=O) groups is 2. The minimum atomic E-state index is -0.168. The lowest BCUT2D eigenvalue weighted by Gasteiger charge is -2.12. The molecule has 0 radical (unpaired) electrons. The minimum absolute atomic E-state index is 0.0222. The summed E-state index contributed by atoms with van der Waals surface area (Å²) in [4.78, 5) is 25.3. The van der Waals surface area contributed by atoms with Gasteiger partial charge in [-0.15, -0.1) is 11.3 Å². The van der Waals surface area contributed by atoms with Crippen LogP contribution in [0.25, 0.3) is 10.1 Å². The highest BCUT2D eigenvalue weighted by molar-refractivity contribution is 7.21. The number of nitrogens with one attached hydrogen (secondary N) is 2. The van der Waals surface area contributed by atoms with Crippen LogP contribution in [0.3, 0.4) is 0 Å². The van der Waals surface area contributed by atoms with E-state index in [2.05, 4.69) is 29.6 Å². The quantitative estimate of drug-likeness (QED) is 0.708. The van der Waals surface area contributed by atoms with Crippen LogP contribution in [0.15, 0.2) is 28.8 Å². The fraction of sp³-hybridized carbons (Fsp3) is 0.350. The molecule has 140 valence electrons. The van der Waals surface area contributed by atoms with Gasteiger partial charge in [0, 0.05) is 22.9 Å². The zero-order valence-electron chi connectivity index (χ0n) is 15.3. The number of rotatable bonds is 5. The normalized spacial score (nSPS) is 13.7. The van der Waals surface area contributed by atoms with Gasteiger partial charge in [-0.05, 0) is 47.9 Å². The van der Waals surface area contributed by atoms with Crippen LogP contribution in [0, 0.1) is 5.92 Å². The third-order valence-corrected chi connectivity index (χ3v) is 5.78. The van der Waals surface area contributed by atoms with Crippen LogP contribution in [-0.2, 0) is 19.4 Å². The Morgan fingerprint density at radius 3 is 3.04 bits per heavy atom. The van der Waals surface area contributed by atoms with Crippen molar-refractivity contribution in [3.63, 3.8) is 0 Å².